The van der Waals surface area contributed by atoms with Gasteiger partial charge in [0.15, 0.2) is 0 Å². The van der Waals surface area contributed by atoms with Gasteiger partial charge in [-0.25, -0.2) is 9.97 Å². The summed E-state index contributed by atoms with van der Waals surface area (Å²) in [6.45, 7) is 9.80. The van der Waals surface area contributed by atoms with Gasteiger partial charge in [0.1, 0.15) is 11.6 Å². The second-order valence-corrected chi connectivity index (χ2v) is 6.25. The molecule has 1 aromatic rings. The molecule has 0 aliphatic carbocycles. The van der Waals surface area contributed by atoms with Gasteiger partial charge >= 0.3 is 0 Å². The average Bonchev–Trinajstić information content (AvgIpc) is 2.81. The lowest BCUT2D eigenvalue weighted by atomic mass is 9.94. The number of aromatic nitrogens is 2. The standard InChI is InChI=1S/C15H24N4/c1-10(2)15-17-11(3)7-14(18-15)19-8-12-5-4-6-16-13(12)9-19/h7,10,12-13,16H,4-6,8-9H2,1-3H3/t12-,13+/m0/s1. The van der Waals surface area contributed by atoms with Crippen LogP contribution in [0.4, 0.5) is 5.82 Å². The first-order valence-electron chi connectivity index (χ1n) is 7.47. The Kier molecular flexibility index (Phi) is 3.44. The molecule has 1 aromatic heterocycles. The molecule has 0 radical (unpaired) electrons. The van der Waals surface area contributed by atoms with Gasteiger partial charge in [0.2, 0.25) is 0 Å². The molecule has 104 valence electrons. The van der Waals surface area contributed by atoms with Crippen LogP contribution >= 0.6 is 0 Å². The number of rotatable bonds is 2. The molecule has 3 rings (SSSR count). The van der Waals surface area contributed by atoms with E-state index in [4.69, 9.17) is 4.98 Å². The van der Waals surface area contributed by atoms with Crippen molar-refractivity contribution in [1.29, 1.82) is 0 Å². The van der Waals surface area contributed by atoms with Gasteiger partial charge < -0.3 is 10.2 Å². The van der Waals surface area contributed by atoms with Crippen molar-refractivity contribution >= 4 is 5.82 Å². The largest absolute Gasteiger partial charge is 0.355 e. The summed E-state index contributed by atoms with van der Waals surface area (Å²) >= 11 is 0. The summed E-state index contributed by atoms with van der Waals surface area (Å²) in [7, 11) is 0. The Balaban J connectivity index is 1.82. The SMILES string of the molecule is Cc1cc(N2C[C@@H]3CCCN[C@@H]3C2)nc(C(C)C)n1. The molecule has 0 saturated carbocycles. The lowest BCUT2D eigenvalue weighted by Crippen LogP contribution is -2.40. The molecule has 1 N–H and O–H groups in total. The molecule has 2 aliphatic rings. The Morgan fingerprint density at radius 2 is 2.16 bits per heavy atom. The van der Waals surface area contributed by atoms with Crippen molar-refractivity contribution in [3.8, 4) is 0 Å². The first-order chi connectivity index (χ1) is 9.13. The summed E-state index contributed by atoms with van der Waals surface area (Å²) in [5.41, 5.74) is 1.08. The fourth-order valence-corrected chi connectivity index (χ4v) is 3.23. The minimum Gasteiger partial charge on any atom is -0.355 e. The van der Waals surface area contributed by atoms with Crippen molar-refractivity contribution in [3.05, 3.63) is 17.6 Å². The van der Waals surface area contributed by atoms with Gasteiger partial charge in [-0.2, -0.15) is 0 Å². The average molecular weight is 260 g/mol. The van der Waals surface area contributed by atoms with Gasteiger partial charge in [-0.3, -0.25) is 0 Å². The third-order valence-electron chi connectivity index (χ3n) is 4.30. The Morgan fingerprint density at radius 3 is 2.89 bits per heavy atom. The van der Waals surface area contributed by atoms with Crippen LogP contribution < -0.4 is 10.2 Å². The second-order valence-electron chi connectivity index (χ2n) is 6.25. The van der Waals surface area contributed by atoms with Crippen LogP contribution in [0.1, 0.15) is 44.1 Å². The summed E-state index contributed by atoms with van der Waals surface area (Å²) in [4.78, 5) is 11.7. The molecular weight excluding hydrogens is 236 g/mol. The van der Waals surface area contributed by atoms with Crippen molar-refractivity contribution in [1.82, 2.24) is 15.3 Å². The van der Waals surface area contributed by atoms with Crippen molar-refractivity contribution in [2.45, 2.75) is 45.6 Å². The highest BCUT2D eigenvalue weighted by atomic mass is 15.3. The van der Waals surface area contributed by atoms with Crippen LogP contribution in [0.15, 0.2) is 6.07 Å². The van der Waals surface area contributed by atoms with Gasteiger partial charge in [0.05, 0.1) is 0 Å². The minimum atomic E-state index is 0.390. The lowest BCUT2D eigenvalue weighted by molar-refractivity contribution is 0.340. The maximum atomic E-state index is 4.76. The van der Waals surface area contributed by atoms with Gasteiger partial charge in [0, 0.05) is 36.8 Å². The molecule has 0 aromatic carbocycles. The van der Waals surface area contributed by atoms with Gasteiger partial charge in [-0.1, -0.05) is 13.8 Å². The quantitative estimate of drug-likeness (QED) is 0.884. The molecule has 0 bridgehead atoms. The highest BCUT2D eigenvalue weighted by Crippen LogP contribution is 2.28. The lowest BCUT2D eigenvalue weighted by Gasteiger charge is -2.24. The Hall–Kier alpha value is -1.16. The molecule has 3 heterocycles. The molecule has 0 unspecified atom stereocenters. The summed E-state index contributed by atoms with van der Waals surface area (Å²) in [5, 5.41) is 3.65. The van der Waals surface area contributed by atoms with E-state index >= 15 is 0 Å². The first kappa shape index (κ1) is 12.9. The van der Waals surface area contributed by atoms with E-state index in [1.807, 2.05) is 0 Å². The normalized spacial score (nSPS) is 26.8. The van der Waals surface area contributed by atoms with Crippen LogP contribution in [0.25, 0.3) is 0 Å². The van der Waals surface area contributed by atoms with E-state index in [-0.39, 0.29) is 0 Å². The highest BCUT2D eigenvalue weighted by Gasteiger charge is 2.34. The number of fused-ring (bicyclic) bond motifs is 1. The minimum absolute atomic E-state index is 0.390. The van der Waals surface area contributed by atoms with E-state index in [1.54, 1.807) is 0 Å². The molecular formula is C15H24N4. The van der Waals surface area contributed by atoms with Gasteiger partial charge in [-0.15, -0.1) is 0 Å². The van der Waals surface area contributed by atoms with Crippen LogP contribution in [0.3, 0.4) is 0 Å². The van der Waals surface area contributed by atoms with Crippen molar-refractivity contribution < 1.29 is 0 Å². The number of nitrogens with zero attached hydrogens (tertiary/aromatic N) is 3. The third kappa shape index (κ3) is 2.59. The monoisotopic (exact) mass is 260 g/mol. The van der Waals surface area contributed by atoms with E-state index in [0.29, 0.717) is 12.0 Å². The molecule has 2 aliphatic heterocycles. The van der Waals surface area contributed by atoms with Crippen molar-refractivity contribution in [2.75, 3.05) is 24.5 Å². The molecule has 4 nitrogen and oxygen atoms in total. The molecule has 0 spiro atoms. The predicted molar refractivity (Wildman–Crippen MR) is 77.6 cm³/mol. The Morgan fingerprint density at radius 1 is 1.32 bits per heavy atom. The van der Waals surface area contributed by atoms with E-state index in [9.17, 15) is 0 Å². The van der Waals surface area contributed by atoms with Crippen molar-refractivity contribution in [3.63, 3.8) is 0 Å². The van der Waals surface area contributed by atoms with Crippen molar-refractivity contribution in [2.24, 2.45) is 5.92 Å². The maximum Gasteiger partial charge on any atom is 0.133 e. The number of nitrogens with one attached hydrogen (secondary N) is 1. The first-order valence-corrected chi connectivity index (χ1v) is 7.47. The molecule has 2 fully saturated rings. The molecule has 4 heteroatoms. The summed E-state index contributed by atoms with van der Waals surface area (Å²) in [6, 6.07) is 2.79. The summed E-state index contributed by atoms with van der Waals surface area (Å²) in [6.07, 6.45) is 2.67. The highest BCUT2D eigenvalue weighted by molar-refractivity contribution is 5.42. The number of hydrogen-bond acceptors (Lipinski definition) is 4. The van der Waals surface area contributed by atoms with Gasteiger partial charge in [-0.05, 0) is 32.2 Å². The zero-order valence-corrected chi connectivity index (χ0v) is 12.2. The van der Waals surface area contributed by atoms with Crippen LogP contribution in [0.2, 0.25) is 0 Å². The van der Waals surface area contributed by atoms with Crippen LogP contribution in [0.5, 0.6) is 0 Å². The van der Waals surface area contributed by atoms with E-state index in [2.05, 4.69) is 42.0 Å². The number of hydrogen-bond donors (Lipinski definition) is 1. The van der Waals surface area contributed by atoms with E-state index in [0.717, 1.165) is 36.3 Å². The summed E-state index contributed by atoms with van der Waals surface area (Å²) in [5.74, 6) is 3.28. The van der Waals surface area contributed by atoms with Gasteiger partial charge in [0.25, 0.3) is 0 Å². The fourth-order valence-electron chi connectivity index (χ4n) is 3.23. The topological polar surface area (TPSA) is 41.0 Å². The van der Waals surface area contributed by atoms with E-state index in [1.165, 1.54) is 19.4 Å². The maximum absolute atomic E-state index is 4.76. The predicted octanol–water partition coefficient (Wildman–Crippen LogP) is 2.10. The Bertz CT molecular complexity index is 443. The summed E-state index contributed by atoms with van der Waals surface area (Å²) < 4.78 is 0. The third-order valence-corrected chi connectivity index (χ3v) is 4.30. The molecule has 2 atom stereocenters. The fraction of sp³-hybridized carbons (Fsp3) is 0.733. The molecule has 0 amide bonds. The molecule has 2 saturated heterocycles. The van der Waals surface area contributed by atoms with Crippen LogP contribution in [-0.4, -0.2) is 35.6 Å². The van der Waals surface area contributed by atoms with Crippen LogP contribution in [0, 0.1) is 12.8 Å². The second kappa shape index (κ2) is 5.08. The van der Waals surface area contributed by atoms with Crippen LogP contribution in [-0.2, 0) is 0 Å². The smallest absolute Gasteiger partial charge is 0.133 e. The zero-order chi connectivity index (χ0) is 13.4. The van der Waals surface area contributed by atoms with E-state index < -0.39 is 0 Å². The molecule has 19 heavy (non-hydrogen) atoms. The Labute approximate surface area is 115 Å². The number of piperidine rings is 1. The zero-order valence-electron chi connectivity index (χ0n) is 12.2. The number of aryl methyl sites for hydroxylation is 1. The number of anilines is 1.